The third kappa shape index (κ3) is 4.52. The number of carbonyl (C=O) groups is 1. The van der Waals surface area contributed by atoms with E-state index in [1.165, 1.54) is 6.92 Å². The van der Waals surface area contributed by atoms with Gasteiger partial charge in [-0.05, 0) is 24.3 Å². The van der Waals surface area contributed by atoms with Gasteiger partial charge in [0.05, 0.1) is 11.4 Å². The van der Waals surface area contributed by atoms with Crippen molar-refractivity contribution in [2.24, 2.45) is 0 Å². The zero-order chi connectivity index (χ0) is 20.1. The molecule has 0 saturated carbocycles. The number of hydrogen-bond donors (Lipinski definition) is 1. The summed E-state index contributed by atoms with van der Waals surface area (Å²) in [5.41, 5.74) is 4.59. The van der Waals surface area contributed by atoms with Gasteiger partial charge < -0.3 is 10.1 Å². The Kier molecular flexibility index (Phi) is 5.38. The molecule has 0 bridgehead atoms. The number of rotatable bonds is 6. The molecule has 4 aromatic rings. The SMILES string of the molecule is CC(=O)Nc1cccc(OCc2cn(-c3ccccc3)nc2-c2ccccc2)c1. The van der Waals surface area contributed by atoms with Gasteiger partial charge in [-0.15, -0.1) is 0 Å². The van der Waals surface area contributed by atoms with Gasteiger partial charge in [-0.1, -0.05) is 54.6 Å². The van der Waals surface area contributed by atoms with Crippen LogP contribution in [-0.2, 0) is 11.4 Å². The van der Waals surface area contributed by atoms with Crippen molar-refractivity contribution >= 4 is 11.6 Å². The Labute approximate surface area is 169 Å². The van der Waals surface area contributed by atoms with E-state index in [1.54, 1.807) is 0 Å². The molecule has 0 unspecified atom stereocenters. The number of amides is 1. The van der Waals surface area contributed by atoms with E-state index in [-0.39, 0.29) is 5.91 Å². The lowest BCUT2D eigenvalue weighted by Gasteiger charge is -2.08. The number of nitrogens with one attached hydrogen (secondary N) is 1. The first-order valence-corrected chi connectivity index (χ1v) is 9.39. The predicted octanol–water partition coefficient (Wildman–Crippen LogP) is 5.08. The minimum absolute atomic E-state index is 0.113. The Morgan fingerprint density at radius 1 is 0.966 bits per heavy atom. The quantitative estimate of drug-likeness (QED) is 0.505. The van der Waals surface area contributed by atoms with Crippen LogP contribution in [0.3, 0.4) is 0 Å². The second kappa shape index (κ2) is 8.44. The molecule has 5 nitrogen and oxygen atoms in total. The Morgan fingerprint density at radius 2 is 1.69 bits per heavy atom. The molecule has 4 rings (SSSR count). The van der Waals surface area contributed by atoms with E-state index in [1.807, 2.05) is 95.8 Å². The van der Waals surface area contributed by atoms with Crippen LogP contribution in [0.1, 0.15) is 12.5 Å². The van der Waals surface area contributed by atoms with Gasteiger partial charge in [0.1, 0.15) is 12.4 Å². The molecule has 144 valence electrons. The number of benzene rings is 3. The van der Waals surface area contributed by atoms with Crippen LogP contribution in [0.2, 0.25) is 0 Å². The Hall–Kier alpha value is -3.86. The molecule has 1 N–H and O–H groups in total. The van der Waals surface area contributed by atoms with Gasteiger partial charge >= 0.3 is 0 Å². The average Bonchev–Trinajstić information content (AvgIpc) is 3.18. The summed E-state index contributed by atoms with van der Waals surface area (Å²) in [6, 6.07) is 27.4. The van der Waals surface area contributed by atoms with Crippen LogP contribution in [0.5, 0.6) is 5.75 Å². The minimum Gasteiger partial charge on any atom is -0.489 e. The van der Waals surface area contributed by atoms with Gasteiger partial charge in [-0.3, -0.25) is 4.79 Å². The fourth-order valence-electron chi connectivity index (χ4n) is 3.10. The summed E-state index contributed by atoms with van der Waals surface area (Å²) < 4.78 is 7.89. The number of ether oxygens (including phenoxy) is 1. The van der Waals surface area contributed by atoms with Crippen molar-refractivity contribution < 1.29 is 9.53 Å². The van der Waals surface area contributed by atoms with Crippen molar-refractivity contribution in [2.75, 3.05) is 5.32 Å². The molecule has 3 aromatic carbocycles. The van der Waals surface area contributed by atoms with Crippen LogP contribution >= 0.6 is 0 Å². The normalized spacial score (nSPS) is 10.5. The Morgan fingerprint density at radius 3 is 2.41 bits per heavy atom. The molecule has 0 aliphatic rings. The van der Waals surface area contributed by atoms with E-state index in [4.69, 9.17) is 9.84 Å². The first-order chi connectivity index (χ1) is 14.2. The number of aromatic nitrogens is 2. The van der Waals surface area contributed by atoms with Gasteiger partial charge in [0.2, 0.25) is 5.91 Å². The van der Waals surface area contributed by atoms with Gasteiger partial charge in [-0.2, -0.15) is 5.10 Å². The van der Waals surface area contributed by atoms with Gasteiger partial charge in [-0.25, -0.2) is 4.68 Å². The predicted molar refractivity (Wildman–Crippen MR) is 114 cm³/mol. The zero-order valence-corrected chi connectivity index (χ0v) is 16.1. The third-order valence-corrected chi connectivity index (χ3v) is 4.41. The standard InChI is InChI=1S/C24H21N3O2/c1-18(28)25-21-11-8-14-23(15-21)29-17-20-16-27(22-12-6-3-7-13-22)26-24(20)19-9-4-2-5-10-19/h2-16H,17H2,1H3,(H,25,28). The summed E-state index contributed by atoms with van der Waals surface area (Å²) in [5.74, 6) is 0.570. The topological polar surface area (TPSA) is 56.1 Å². The number of para-hydroxylation sites is 1. The van der Waals surface area contributed by atoms with Crippen LogP contribution < -0.4 is 10.1 Å². The summed E-state index contributed by atoms with van der Waals surface area (Å²) in [6.45, 7) is 1.85. The van der Waals surface area contributed by atoms with Crippen LogP contribution in [0, 0.1) is 0 Å². The third-order valence-electron chi connectivity index (χ3n) is 4.41. The molecule has 0 radical (unpaired) electrons. The maximum Gasteiger partial charge on any atom is 0.221 e. The fourth-order valence-corrected chi connectivity index (χ4v) is 3.10. The minimum atomic E-state index is -0.113. The van der Waals surface area contributed by atoms with Crippen molar-refractivity contribution in [3.8, 4) is 22.7 Å². The van der Waals surface area contributed by atoms with Crippen molar-refractivity contribution in [2.45, 2.75) is 13.5 Å². The van der Waals surface area contributed by atoms with Crippen LogP contribution in [-0.4, -0.2) is 15.7 Å². The monoisotopic (exact) mass is 383 g/mol. The largest absolute Gasteiger partial charge is 0.489 e. The smallest absolute Gasteiger partial charge is 0.221 e. The van der Waals surface area contributed by atoms with Crippen LogP contribution in [0.15, 0.2) is 91.1 Å². The second-order valence-corrected chi connectivity index (χ2v) is 6.65. The van der Waals surface area contributed by atoms with Gasteiger partial charge in [0.25, 0.3) is 0 Å². The lowest BCUT2D eigenvalue weighted by Crippen LogP contribution is -2.05. The number of hydrogen-bond acceptors (Lipinski definition) is 3. The van der Waals surface area contributed by atoms with Crippen molar-refractivity contribution in [1.29, 1.82) is 0 Å². The maximum atomic E-state index is 11.3. The van der Waals surface area contributed by atoms with Crippen LogP contribution in [0.25, 0.3) is 16.9 Å². The molecule has 5 heteroatoms. The zero-order valence-electron chi connectivity index (χ0n) is 16.1. The lowest BCUT2D eigenvalue weighted by atomic mass is 10.1. The Balaban J connectivity index is 1.62. The maximum absolute atomic E-state index is 11.3. The summed E-state index contributed by atoms with van der Waals surface area (Å²) in [5, 5.41) is 7.57. The van der Waals surface area contributed by atoms with E-state index in [0.29, 0.717) is 18.0 Å². The van der Waals surface area contributed by atoms with Crippen molar-refractivity contribution in [3.05, 3.63) is 96.7 Å². The molecular weight excluding hydrogens is 362 g/mol. The fraction of sp³-hybridized carbons (Fsp3) is 0.0833. The highest BCUT2D eigenvalue weighted by atomic mass is 16.5. The number of nitrogens with zero attached hydrogens (tertiary/aromatic N) is 2. The van der Waals surface area contributed by atoms with Crippen molar-refractivity contribution in [3.63, 3.8) is 0 Å². The second-order valence-electron chi connectivity index (χ2n) is 6.65. The van der Waals surface area contributed by atoms with Crippen molar-refractivity contribution in [1.82, 2.24) is 9.78 Å². The summed E-state index contributed by atoms with van der Waals surface area (Å²) in [6.07, 6.45) is 2.00. The number of anilines is 1. The van der Waals surface area contributed by atoms with Crippen LogP contribution in [0.4, 0.5) is 5.69 Å². The number of carbonyl (C=O) groups excluding carboxylic acids is 1. The molecule has 0 fully saturated rings. The summed E-state index contributed by atoms with van der Waals surface area (Å²) >= 11 is 0. The molecule has 0 aliphatic carbocycles. The molecule has 1 amide bonds. The highest BCUT2D eigenvalue weighted by molar-refractivity contribution is 5.88. The Bertz CT molecular complexity index is 1110. The highest BCUT2D eigenvalue weighted by Gasteiger charge is 2.13. The molecule has 29 heavy (non-hydrogen) atoms. The molecule has 0 atom stereocenters. The average molecular weight is 383 g/mol. The van der Waals surface area contributed by atoms with Gasteiger partial charge in [0, 0.05) is 36.0 Å². The lowest BCUT2D eigenvalue weighted by molar-refractivity contribution is -0.114. The molecule has 1 aromatic heterocycles. The van der Waals surface area contributed by atoms with E-state index in [0.717, 1.165) is 22.5 Å². The molecule has 0 spiro atoms. The van der Waals surface area contributed by atoms with E-state index in [9.17, 15) is 4.79 Å². The first-order valence-electron chi connectivity index (χ1n) is 9.39. The highest BCUT2D eigenvalue weighted by Crippen LogP contribution is 2.26. The van der Waals surface area contributed by atoms with E-state index >= 15 is 0 Å². The molecule has 0 aliphatic heterocycles. The first kappa shape index (κ1) is 18.5. The summed E-state index contributed by atoms with van der Waals surface area (Å²) in [4.78, 5) is 11.3. The molecule has 0 saturated heterocycles. The van der Waals surface area contributed by atoms with E-state index < -0.39 is 0 Å². The summed E-state index contributed by atoms with van der Waals surface area (Å²) in [7, 11) is 0. The molecule has 1 heterocycles. The van der Waals surface area contributed by atoms with E-state index in [2.05, 4.69) is 5.32 Å². The van der Waals surface area contributed by atoms with Gasteiger partial charge in [0.15, 0.2) is 0 Å². The molecular formula is C24H21N3O2.